The minimum absolute atomic E-state index is 0.0503. The Morgan fingerprint density at radius 2 is 1.95 bits per heavy atom. The van der Waals surface area contributed by atoms with Crippen LogP contribution in [0.3, 0.4) is 0 Å². The van der Waals surface area contributed by atoms with Gasteiger partial charge in [0.15, 0.2) is 0 Å². The molecule has 2 unspecified atom stereocenters. The maximum absolute atomic E-state index is 12.6. The molecule has 2 atom stereocenters. The zero-order chi connectivity index (χ0) is 14.6. The molecule has 0 aromatic carbocycles. The van der Waals surface area contributed by atoms with Gasteiger partial charge in [-0.2, -0.15) is 8.42 Å². The normalized spacial score (nSPS) is 22.3. The van der Waals surface area contributed by atoms with Crippen LogP contribution in [-0.2, 0) is 15.0 Å². The molecule has 1 fully saturated rings. The van der Waals surface area contributed by atoms with Crippen LogP contribution in [0.2, 0.25) is 0 Å². The van der Waals surface area contributed by atoms with E-state index in [0.717, 1.165) is 19.3 Å². The van der Waals surface area contributed by atoms with Crippen molar-refractivity contribution in [1.29, 1.82) is 0 Å². The van der Waals surface area contributed by atoms with Crippen LogP contribution in [0.25, 0.3) is 0 Å². The Balaban J connectivity index is 2.44. The number of hydrogen-bond donors (Lipinski definition) is 0. The van der Waals surface area contributed by atoms with Gasteiger partial charge < -0.3 is 4.90 Å². The van der Waals surface area contributed by atoms with Crippen LogP contribution in [0.1, 0.15) is 46.5 Å². The Morgan fingerprint density at radius 3 is 2.47 bits per heavy atom. The first-order valence-electron chi connectivity index (χ1n) is 6.91. The van der Waals surface area contributed by atoms with E-state index in [1.165, 1.54) is 0 Å². The monoisotopic (exact) mass is 293 g/mol. The summed E-state index contributed by atoms with van der Waals surface area (Å²) in [6, 6.07) is 0.110. The summed E-state index contributed by atoms with van der Waals surface area (Å²) in [5, 5.41) is 0. The van der Waals surface area contributed by atoms with Gasteiger partial charge in [0.05, 0.1) is 5.75 Å². The molecule has 4 nitrogen and oxygen atoms in total. The average Bonchev–Trinajstić information content (AvgIpc) is 2.55. The van der Waals surface area contributed by atoms with Gasteiger partial charge in [0.1, 0.15) is 0 Å². The van der Waals surface area contributed by atoms with Gasteiger partial charge in [-0.1, -0.05) is 26.7 Å². The Labute approximate surface area is 115 Å². The zero-order valence-corrected chi connectivity index (χ0v) is 12.7. The number of likely N-dealkylation sites (tertiary alicyclic amines) is 1. The lowest BCUT2D eigenvalue weighted by molar-refractivity contribution is -0.129. The van der Waals surface area contributed by atoms with Crippen molar-refractivity contribution in [2.24, 2.45) is 11.8 Å². The largest absolute Gasteiger partial charge is 0.340 e. The third-order valence-corrected chi connectivity index (χ3v) is 4.48. The standard InChI is InChI=1S/C13H24FNO3S/c1-10(2)5-4-6-11(3)15-8-12(7-13(15)16)9-19(14,17)18/h10-12H,4-9H2,1-3H3. The van der Waals surface area contributed by atoms with Gasteiger partial charge in [-0.25, -0.2) is 0 Å². The minimum Gasteiger partial charge on any atom is -0.340 e. The van der Waals surface area contributed by atoms with E-state index in [1.807, 2.05) is 6.92 Å². The van der Waals surface area contributed by atoms with Crippen LogP contribution in [0.5, 0.6) is 0 Å². The van der Waals surface area contributed by atoms with E-state index in [9.17, 15) is 17.1 Å². The summed E-state index contributed by atoms with van der Waals surface area (Å²) in [6.45, 7) is 6.66. The van der Waals surface area contributed by atoms with Crippen molar-refractivity contribution in [1.82, 2.24) is 4.90 Å². The fourth-order valence-electron chi connectivity index (χ4n) is 2.61. The molecule has 0 bridgehead atoms. The van der Waals surface area contributed by atoms with E-state index in [-0.39, 0.29) is 18.4 Å². The topological polar surface area (TPSA) is 54.5 Å². The fraction of sp³-hybridized carbons (Fsp3) is 0.923. The van der Waals surface area contributed by atoms with E-state index in [2.05, 4.69) is 13.8 Å². The third-order valence-electron chi connectivity index (χ3n) is 3.61. The van der Waals surface area contributed by atoms with Crippen LogP contribution >= 0.6 is 0 Å². The van der Waals surface area contributed by atoms with Crippen molar-refractivity contribution in [3.63, 3.8) is 0 Å². The maximum atomic E-state index is 12.6. The molecule has 1 amide bonds. The first kappa shape index (κ1) is 16.4. The fourth-order valence-corrected chi connectivity index (χ4v) is 3.39. The van der Waals surface area contributed by atoms with E-state index >= 15 is 0 Å². The molecule has 1 aliphatic rings. The highest BCUT2D eigenvalue weighted by Gasteiger charge is 2.34. The van der Waals surface area contributed by atoms with E-state index < -0.39 is 21.9 Å². The highest BCUT2D eigenvalue weighted by atomic mass is 32.3. The maximum Gasteiger partial charge on any atom is 0.302 e. The van der Waals surface area contributed by atoms with Gasteiger partial charge >= 0.3 is 10.2 Å². The van der Waals surface area contributed by atoms with Crippen LogP contribution in [0, 0.1) is 11.8 Å². The molecule has 0 aromatic heterocycles. The van der Waals surface area contributed by atoms with E-state index in [0.29, 0.717) is 12.5 Å². The second-order valence-corrected chi connectivity index (χ2v) is 7.41. The van der Waals surface area contributed by atoms with Gasteiger partial charge in [-0.3, -0.25) is 4.79 Å². The molecule has 19 heavy (non-hydrogen) atoms. The number of amides is 1. The first-order valence-corrected chi connectivity index (χ1v) is 8.46. The number of nitrogens with zero attached hydrogens (tertiary/aromatic N) is 1. The third kappa shape index (κ3) is 5.89. The molecule has 0 radical (unpaired) electrons. The summed E-state index contributed by atoms with van der Waals surface area (Å²) in [6.07, 6.45) is 3.24. The minimum atomic E-state index is -4.49. The number of halogens is 1. The molecule has 1 saturated heterocycles. The molecule has 1 rings (SSSR count). The summed E-state index contributed by atoms with van der Waals surface area (Å²) < 4.78 is 33.9. The molecule has 1 heterocycles. The Hall–Kier alpha value is -0.650. The predicted octanol–water partition coefficient (Wildman–Crippen LogP) is 2.35. The summed E-state index contributed by atoms with van der Waals surface area (Å²) >= 11 is 0. The second-order valence-electron chi connectivity index (χ2n) is 6.00. The van der Waals surface area contributed by atoms with Crippen LogP contribution in [0.4, 0.5) is 3.89 Å². The molecule has 6 heteroatoms. The molecule has 0 aromatic rings. The Morgan fingerprint density at radius 1 is 1.32 bits per heavy atom. The van der Waals surface area contributed by atoms with Gasteiger partial charge in [0, 0.05) is 24.9 Å². The quantitative estimate of drug-likeness (QED) is 0.677. The van der Waals surface area contributed by atoms with Gasteiger partial charge in [-0.05, 0) is 19.3 Å². The molecular weight excluding hydrogens is 269 g/mol. The number of hydrogen-bond acceptors (Lipinski definition) is 3. The number of carbonyl (C=O) groups is 1. The molecule has 0 saturated carbocycles. The first-order chi connectivity index (χ1) is 8.69. The van der Waals surface area contributed by atoms with Crippen LogP contribution in [0.15, 0.2) is 0 Å². The van der Waals surface area contributed by atoms with Gasteiger partial charge in [-0.15, -0.1) is 3.89 Å². The van der Waals surface area contributed by atoms with Crippen molar-refractivity contribution in [3.8, 4) is 0 Å². The lowest BCUT2D eigenvalue weighted by Crippen LogP contribution is -2.34. The van der Waals surface area contributed by atoms with Crippen molar-refractivity contribution in [3.05, 3.63) is 0 Å². The molecular formula is C13H24FNO3S. The molecule has 112 valence electrons. The van der Waals surface area contributed by atoms with Gasteiger partial charge in [0.2, 0.25) is 5.91 Å². The van der Waals surface area contributed by atoms with Gasteiger partial charge in [0.25, 0.3) is 0 Å². The van der Waals surface area contributed by atoms with Crippen molar-refractivity contribution in [2.45, 2.75) is 52.5 Å². The summed E-state index contributed by atoms with van der Waals surface area (Å²) in [5.41, 5.74) is 0. The van der Waals surface area contributed by atoms with Crippen LogP contribution in [-0.4, -0.2) is 37.6 Å². The number of rotatable bonds is 7. The summed E-state index contributed by atoms with van der Waals surface area (Å²) in [7, 11) is -4.49. The zero-order valence-electron chi connectivity index (χ0n) is 11.9. The highest BCUT2D eigenvalue weighted by molar-refractivity contribution is 7.86. The lowest BCUT2D eigenvalue weighted by Gasteiger charge is -2.25. The molecule has 0 spiro atoms. The van der Waals surface area contributed by atoms with Crippen LogP contribution < -0.4 is 0 Å². The highest BCUT2D eigenvalue weighted by Crippen LogP contribution is 2.24. The molecule has 0 N–H and O–H groups in total. The lowest BCUT2D eigenvalue weighted by atomic mass is 10.0. The molecule has 1 aliphatic heterocycles. The van der Waals surface area contributed by atoms with Crippen molar-refractivity contribution in [2.75, 3.05) is 12.3 Å². The summed E-state index contributed by atoms with van der Waals surface area (Å²) in [4.78, 5) is 13.5. The predicted molar refractivity (Wildman–Crippen MR) is 72.9 cm³/mol. The second kappa shape index (κ2) is 6.68. The van der Waals surface area contributed by atoms with Crippen molar-refractivity contribution >= 4 is 16.1 Å². The van der Waals surface area contributed by atoms with E-state index in [1.54, 1.807) is 4.90 Å². The Bertz CT molecular complexity index is 408. The smallest absolute Gasteiger partial charge is 0.302 e. The van der Waals surface area contributed by atoms with Crippen molar-refractivity contribution < 1.29 is 17.1 Å². The molecule has 0 aliphatic carbocycles. The summed E-state index contributed by atoms with van der Waals surface area (Å²) in [5.74, 6) is -0.333. The number of carbonyl (C=O) groups excluding carboxylic acids is 1. The van der Waals surface area contributed by atoms with E-state index in [4.69, 9.17) is 0 Å². The SMILES string of the molecule is CC(C)CCCC(C)N1CC(CS(=O)(=O)F)CC1=O. The Kier molecular flexibility index (Phi) is 5.77. The average molecular weight is 293 g/mol.